The molecule has 0 saturated heterocycles. The van der Waals surface area contributed by atoms with Crippen LogP contribution >= 0.6 is 0 Å². The molecule has 2 aromatic rings. The Morgan fingerprint density at radius 1 is 1.18 bits per heavy atom. The van der Waals surface area contributed by atoms with Gasteiger partial charge in [-0.1, -0.05) is 6.07 Å². The van der Waals surface area contributed by atoms with Crippen molar-refractivity contribution in [3.8, 4) is 0 Å². The molecule has 0 bridgehead atoms. The molecule has 0 saturated carbocycles. The molecule has 0 N–H and O–H groups in total. The summed E-state index contributed by atoms with van der Waals surface area (Å²) in [5.74, 6) is -2.50. The zero-order valence-electron chi connectivity index (χ0n) is 8.95. The maximum atomic E-state index is 13.7. The largest absolute Gasteiger partial charge is 0.288 e. The van der Waals surface area contributed by atoms with Crippen LogP contribution in [0.3, 0.4) is 0 Å². The first-order valence-corrected chi connectivity index (χ1v) is 4.85. The van der Waals surface area contributed by atoms with Gasteiger partial charge >= 0.3 is 0 Å². The van der Waals surface area contributed by atoms with Crippen molar-refractivity contribution in [2.24, 2.45) is 0 Å². The topological polar surface area (TPSA) is 42.9 Å². The van der Waals surface area contributed by atoms with E-state index >= 15 is 0 Å². The molecular formula is C12H8F2N2O. The molecule has 0 unspecified atom stereocenters. The van der Waals surface area contributed by atoms with Crippen LogP contribution in [-0.2, 0) is 0 Å². The molecule has 0 aliphatic heterocycles. The lowest BCUT2D eigenvalue weighted by molar-refractivity contribution is 0.103. The second kappa shape index (κ2) is 4.37. The lowest BCUT2D eigenvalue weighted by atomic mass is 10.0. The number of carbonyl (C=O) groups excluding carboxylic acids is 1. The molecule has 0 aliphatic rings. The quantitative estimate of drug-likeness (QED) is 0.749. The van der Waals surface area contributed by atoms with Crippen LogP contribution in [0.4, 0.5) is 8.78 Å². The van der Waals surface area contributed by atoms with Crippen LogP contribution in [0.1, 0.15) is 21.5 Å². The first kappa shape index (κ1) is 11.3. The fraction of sp³-hybridized carbons (Fsp3) is 0.0833. The monoisotopic (exact) mass is 234 g/mol. The van der Waals surface area contributed by atoms with Gasteiger partial charge in [-0.25, -0.2) is 18.7 Å². The maximum Gasteiger partial charge on any atom is 0.202 e. The van der Waals surface area contributed by atoms with Crippen LogP contribution in [0.2, 0.25) is 0 Å². The standard InChI is InChI=1S/C12H8F2N2O/c1-7-2-3-9(13)10(11(7)14)12(17)8-4-15-6-16-5-8/h2-6H,1H3. The molecule has 0 fully saturated rings. The van der Waals surface area contributed by atoms with Gasteiger partial charge in [0, 0.05) is 12.4 Å². The number of benzene rings is 1. The predicted octanol–water partition coefficient (Wildman–Crippen LogP) is 2.29. The Morgan fingerprint density at radius 2 is 1.82 bits per heavy atom. The van der Waals surface area contributed by atoms with Crippen LogP contribution in [-0.4, -0.2) is 15.8 Å². The van der Waals surface area contributed by atoms with Crippen molar-refractivity contribution in [3.63, 3.8) is 0 Å². The molecule has 0 amide bonds. The summed E-state index contributed by atoms with van der Waals surface area (Å²) < 4.78 is 27.2. The third-order valence-corrected chi connectivity index (χ3v) is 2.33. The van der Waals surface area contributed by atoms with Gasteiger partial charge in [-0.3, -0.25) is 4.79 Å². The maximum absolute atomic E-state index is 13.7. The van der Waals surface area contributed by atoms with Crippen molar-refractivity contribution in [2.45, 2.75) is 6.92 Å². The highest BCUT2D eigenvalue weighted by Gasteiger charge is 2.20. The molecule has 1 aromatic heterocycles. The smallest absolute Gasteiger partial charge is 0.202 e. The van der Waals surface area contributed by atoms with Crippen molar-refractivity contribution in [1.29, 1.82) is 0 Å². The van der Waals surface area contributed by atoms with Gasteiger partial charge in [0.1, 0.15) is 18.0 Å². The number of halogens is 2. The number of rotatable bonds is 2. The Kier molecular flexibility index (Phi) is 2.91. The van der Waals surface area contributed by atoms with Crippen LogP contribution < -0.4 is 0 Å². The Balaban J connectivity index is 2.56. The van der Waals surface area contributed by atoms with E-state index in [1.807, 2.05) is 0 Å². The van der Waals surface area contributed by atoms with E-state index in [-0.39, 0.29) is 11.1 Å². The van der Waals surface area contributed by atoms with Gasteiger partial charge in [-0.15, -0.1) is 0 Å². The highest BCUT2D eigenvalue weighted by atomic mass is 19.1. The van der Waals surface area contributed by atoms with E-state index in [2.05, 4.69) is 9.97 Å². The van der Waals surface area contributed by atoms with Crippen molar-refractivity contribution >= 4 is 5.78 Å². The number of hydrogen-bond donors (Lipinski definition) is 0. The van der Waals surface area contributed by atoms with Gasteiger partial charge in [-0.2, -0.15) is 0 Å². The number of hydrogen-bond acceptors (Lipinski definition) is 3. The van der Waals surface area contributed by atoms with Crippen molar-refractivity contribution in [3.05, 3.63) is 59.2 Å². The minimum absolute atomic E-state index is 0.0518. The number of aryl methyl sites for hydroxylation is 1. The van der Waals surface area contributed by atoms with Gasteiger partial charge in [0.05, 0.1) is 11.1 Å². The first-order chi connectivity index (χ1) is 8.11. The van der Waals surface area contributed by atoms with Gasteiger partial charge in [0.2, 0.25) is 5.78 Å². The molecule has 3 nitrogen and oxygen atoms in total. The number of ketones is 1. The third kappa shape index (κ3) is 2.04. The Bertz CT molecular complexity index is 570. The van der Waals surface area contributed by atoms with Gasteiger partial charge in [-0.05, 0) is 18.6 Å². The highest BCUT2D eigenvalue weighted by molar-refractivity contribution is 6.09. The highest BCUT2D eigenvalue weighted by Crippen LogP contribution is 2.19. The minimum atomic E-state index is -0.887. The van der Waals surface area contributed by atoms with E-state index in [0.717, 1.165) is 6.07 Å². The Morgan fingerprint density at radius 3 is 2.47 bits per heavy atom. The lowest BCUT2D eigenvalue weighted by Crippen LogP contribution is -2.09. The van der Waals surface area contributed by atoms with Crippen LogP contribution in [0.15, 0.2) is 30.9 Å². The summed E-state index contributed by atoms with van der Waals surface area (Å²) in [6.07, 6.45) is 3.67. The van der Waals surface area contributed by atoms with Crippen LogP contribution in [0, 0.1) is 18.6 Å². The fourth-order valence-electron chi connectivity index (χ4n) is 1.43. The number of aromatic nitrogens is 2. The summed E-state index contributed by atoms with van der Waals surface area (Å²) in [6.45, 7) is 1.47. The summed E-state index contributed by atoms with van der Waals surface area (Å²) in [7, 11) is 0. The molecule has 2 rings (SSSR count). The summed E-state index contributed by atoms with van der Waals surface area (Å²) in [6, 6.07) is 2.35. The number of nitrogens with zero attached hydrogens (tertiary/aromatic N) is 2. The van der Waals surface area contributed by atoms with Crippen LogP contribution in [0.25, 0.3) is 0 Å². The Labute approximate surface area is 96.2 Å². The molecule has 0 spiro atoms. The van der Waals surface area contributed by atoms with Gasteiger partial charge in [0.15, 0.2) is 0 Å². The molecule has 17 heavy (non-hydrogen) atoms. The molecule has 5 heteroatoms. The first-order valence-electron chi connectivity index (χ1n) is 4.85. The summed E-state index contributed by atoms with van der Waals surface area (Å²) >= 11 is 0. The van der Waals surface area contributed by atoms with E-state index in [9.17, 15) is 13.6 Å². The summed E-state index contributed by atoms with van der Waals surface area (Å²) in [4.78, 5) is 19.2. The van der Waals surface area contributed by atoms with Crippen LogP contribution in [0.5, 0.6) is 0 Å². The summed E-state index contributed by atoms with van der Waals surface area (Å²) in [5, 5.41) is 0. The zero-order chi connectivity index (χ0) is 12.4. The summed E-state index contributed by atoms with van der Waals surface area (Å²) in [5.41, 5.74) is -0.303. The Hall–Kier alpha value is -2.17. The molecule has 1 aromatic carbocycles. The average molecular weight is 234 g/mol. The van der Waals surface area contributed by atoms with E-state index in [1.165, 1.54) is 31.7 Å². The average Bonchev–Trinajstić information content (AvgIpc) is 2.35. The normalized spacial score (nSPS) is 10.3. The SMILES string of the molecule is Cc1ccc(F)c(C(=O)c2cncnc2)c1F. The second-order valence-corrected chi connectivity index (χ2v) is 3.51. The molecule has 0 atom stereocenters. The molecule has 86 valence electrons. The van der Waals surface area contributed by atoms with E-state index in [4.69, 9.17) is 0 Å². The van der Waals surface area contributed by atoms with E-state index in [1.54, 1.807) is 0 Å². The second-order valence-electron chi connectivity index (χ2n) is 3.51. The molecule has 0 radical (unpaired) electrons. The fourth-order valence-corrected chi connectivity index (χ4v) is 1.43. The molecule has 0 aliphatic carbocycles. The molecule has 1 heterocycles. The van der Waals surface area contributed by atoms with Crippen molar-refractivity contribution in [1.82, 2.24) is 9.97 Å². The van der Waals surface area contributed by atoms with E-state index < -0.39 is 23.0 Å². The third-order valence-electron chi connectivity index (χ3n) is 2.33. The van der Waals surface area contributed by atoms with E-state index in [0.29, 0.717) is 0 Å². The minimum Gasteiger partial charge on any atom is -0.288 e. The zero-order valence-corrected chi connectivity index (χ0v) is 8.95. The van der Waals surface area contributed by atoms with Gasteiger partial charge < -0.3 is 0 Å². The van der Waals surface area contributed by atoms with Crippen molar-refractivity contribution in [2.75, 3.05) is 0 Å². The van der Waals surface area contributed by atoms with Gasteiger partial charge in [0.25, 0.3) is 0 Å². The number of carbonyl (C=O) groups is 1. The lowest BCUT2D eigenvalue weighted by Gasteiger charge is -2.05. The predicted molar refractivity (Wildman–Crippen MR) is 56.6 cm³/mol. The van der Waals surface area contributed by atoms with Crippen molar-refractivity contribution < 1.29 is 13.6 Å². The molecular weight excluding hydrogens is 226 g/mol.